The number of nitrogens with zero attached hydrogens (tertiary/aromatic N) is 2. The zero-order chi connectivity index (χ0) is 12.2. The summed E-state index contributed by atoms with van der Waals surface area (Å²) in [7, 11) is 0. The fourth-order valence-electron chi connectivity index (χ4n) is 1.19. The lowest BCUT2D eigenvalue weighted by atomic mass is 9.94. The first-order chi connectivity index (χ1) is 7.47. The van der Waals surface area contributed by atoms with Gasteiger partial charge in [-0.3, -0.25) is 9.59 Å². The van der Waals surface area contributed by atoms with Gasteiger partial charge in [0.2, 0.25) is 0 Å². The van der Waals surface area contributed by atoms with Gasteiger partial charge in [0.05, 0.1) is 6.42 Å². The highest BCUT2D eigenvalue weighted by molar-refractivity contribution is 7.03. The van der Waals surface area contributed by atoms with E-state index >= 15 is 0 Å². The second-order valence-corrected chi connectivity index (χ2v) is 4.34. The van der Waals surface area contributed by atoms with Gasteiger partial charge >= 0.3 is 5.97 Å². The highest BCUT2D eigenvalue weighted by Crippen LogP contribution is 2.15. The highest BCUT2D eigenvalue weighted by atomic mass is 32.1. The van der Waals surface area contributed by atoms with Crippen LogP contribution in [-0.4, -0.2) is 32.1 Å². The number of nitrogens with one attached hydrogen (secondary N) is 1. The van der Waals surface area contributed by atoms with Crippen molar-refractivity contribution in [3.63, 3.8) is 0 Å². The van der Waals surface area contributed by atoms with E-state index in [9.17, 15) is 9.59 Å². The Morgan fingerprint density at radius 2 is 2.31 bits per heavy atom. The highest BCUT2D eigenvalue weighted by Gasteiger charge is 2.28. The monoisotopic (exact) mass is 243 g/mol. The van der Waals surface area contributed by atoms with Gasteiger partial charge in [0.1, 0.15) is 0 Å². The molecule has 1 rings (SSSR count). The van der Waals surface area contributed by atoms with Gasteiger partial charge in [-0.05, 0) is 24.9 Å². The van der Waals surface area contributed by atoms with Crippen LogP contribution in [0.2, 0.25) is 0 Å². The minimum atomic E-state index is -0.943. The summed E-state index contributed by atoms with van der Waals surface area (Å²) in [4.78, 5) is 22.3. The summed E-state index contributed by atoms with van der Waals surface area (Å²) in [5.74, 6) is -1.33. The molecule has 0 aliphatic heterocycles. The number of carbonyl (C=O) groups excluding carboxylic acids is 1. The molecule has 0 aromatic carbocycles. The summed E-state index contributed by atoms with van der Waals surface area (Å²) < 4.78 is 3.57. The predicted molar refractivity (Wildman–Crippen MR) is 58.3 cm³/mol. The van der Waals surface area contributed by atoms with Crippen LogP contribution < -0.4 is 5.32 Å². The van der Waals surface area contributed by atoms with Crippen LogP contribution >= 0.6 is 11.5 Å². The van der Waals surface area contributed by atoms with E-state index in [0.29, 0.717) is 6.42 Å². The lowest BCUT2D eigenvalue weighted by molar-refractivity contribution is -0.138. The summed E-state index contributed by atoms with van der Waals surface area (Å²) in [6, 6.07) is 0. The molecule has 2 N–H and O–H groups in total. The normalized spacial score (nSPS) is 14.1. The zero-order valence-corrected chi connectivity index (χ0v) is 9.87. The van der Waals surface area contributed by atoms with E-state index in [1.165, 1.54) is 5.38 Å². The number of carboxylic acid groups (broad SMARTS) is 1. The number of carboxylic acids is 1. The molecular weight excluding hydrogens is 230 g/mol. The Morgan fingerprint density at radius 1 is 1.62 bits per heavy atom. The van der Waals surface area contributed by atoms with Crippen molar-refractivity contribution in [3.8, 4) is 0 Å². The molecule has 0 fully saturated rings. The van der Waals surface area contributed by atoms with Gasteiger partial charge in [-0.1, -0.05) is 11.4 Å². The van der Waals surface area contributed by atoms with Crippen LogP contribution in [0.4, 0.5) is 0 Å². The number of amides is 1. The van der Waals surface area contributed by atoms with Crippen molar-refractivity contribution >= 4 is 23.4 Å². The van der Waals surface area contributed by atoms with E-state index in [-0.39, 0.29) is 18.0 Å². The fourth-order valence-corrected chi connectivity index (χ4v) is 1.63. The Kier molecular flexibility index (Phi) is 3.94. The molecule has 1 aromatic heterocycles. The average molecular weight is 243 g/mol. The lowest BCUT2D eigenvalue weighted by Crippen LogP contribution is -2.47. The van der Waals surface area contributed by atoms with Crippen LogP contribution in [0.5, 0.6) is 0 Å². The Morgan fingerprint density at radius 3 is 2.75 bits per heavy atom. The third-order valence-corrected chi connectivity index (χ3v) is 2.83. The molecule has 7 heteroatoms. The fraction of sp³-hybridized carbons (Fsp3) is 0.556. The van der Waals surface area contributed by atoms with E-state index in [4.69, 9.17) is 5.11 Å². The van der Waals surface area contributed by atoms with Crippen molar-refractivity contribution in [3.05, 3.63) is 11.1 Å². The number of hydrogen-bond acceptors (Lipinski definition) is 5. The van der Waals surface area contributed by atoms with Gasteiger partial charge < -0.3 is 10.4 Å². The standard InChI is InChI=1S/C9H13N3O3S/c1-3-9(2,4-7(13)14)10-8(15)6-5-16-12-11-6/h5H,3-4H2,1-2H3,(H,10,15)(H,13,14). The average Bonchev–Trinajstić information content (AvgIpc) is 2.69. The van der Waals surface area contributed by atoms with Crippen molar-refractivity contribution in [2.24, 2.45) is 0 Å². The maximum absolute atomic E-state index is 11.7. The third kappa shape index (κ3) is 3.27. The molecule has 0 aliphatic rings. The molecule has 6 nitrogen and oxygen atoms in total. The third-order valence-electron chi connectivity index (χ3n) is 2.33. The van der Waals surface area contributed by atoms with E-state index in [1.807, 2.05) is 6.92 Å². The second-order valence-electron chi connectivity index (χ2n) is 3.73. The van der Waals surface area contributed by atoms with E-state index in [2.05, 4.69) is 14.9 Å². The van der Waals surface area contributed by atoms with Crippen molar-refractivity contribution in [1.82, 2.24) is 14.9 Å². The topological polar surface area (TPSA) is 92.2 Å². The number of aliphatic carboxylic acids is 1. The minimum absolute atomic E-state index is 0.118. The van der Waals surface area contributed by atoms with Gasteiger partial charge in [0.15, 0.2) is 5.69 Å². The summed E-state index contributed by atoms with van der Waals surface area (Å²) in [6.07, 6.45) is 0.412. The maximum Gasteiger partial charge on any atom is 0.305 e. The zero-order valence-electron chi connectivity index (χ0n) is 9.06. The Hall–Kier alpha value is -1.50. The number of rotatable bonds is 5. The molecule has 1 atom stereocenters. The number of carbonyl (C=O) groups is 2. The summed E-state index contributed by atoms with van der Waals surface area (Å²) in [6.45, 7) is 3.52. The second kappa shape index (κ2) is 5.02. The first-order valence-electron chi connectivity index (χ1n) is 4.78. The van der Waals surface area contributed by atoms with Crippen molar-refractivity contribution < 1.29 is 14.7 Å². The molecule has 16 heavy (non-hydrogen) atoms. The molecule has 88 valence electrons. The molecule has 1 heterocycles. The van der Waals surface area contributed by atoms with Gasteiger partial charge in [-0.25, -0.2) is 0 Å². The van der Waals surface area contributed by atoms with Crippen LogP contribution in [0.15, 0.2) is 5.38 Å². The molecular formula is C9H13N3O3S. The molecule has 0 bridgehead atoms. The molecule has 1 amide bonds. The minimum Gasteiger partial charge on any atom is -0.481 e. The van der Waals surface area contributed by atoms with Gasteiger partial charge in [-0.15, -0.1) is 5.10 Å². The molecule has 0 saturated carbocycles. The predicted octanol–water partition coefficient (Wildman–Crippen LogP) is 0.911. The van der Waals surface area contributed by atoms with Gasteiger partial charge in [-0.2, -0.15) is 0 Å². The maximum atomic E-state index is 11.7. The van der Waals surface area contributed by atoms with E-state index in [1.54, 1.807) is 6.92 Å². The van der Waals surface area contributed by atoms with Crippen LogP contribution in [0.1, 0.15) is 37.2 Å². The Bertz CT molecular complexity index is 379. The molecule has 1 aromatic rings. The van der Waals surface area contributed by atoms with Crippen LogP contribution in [0.25, 0.3) is 0 Å². The summed E-state index contributed by atoms with van der Waals surface area (Å²) >= 11 is 1.08. The van der Waals surface area contributed by atoms with Gasteiger partial charge in [0, 0.05) is 10.9 Å². The number of hydrogen-bond donors (Lipinski definition) is 2. The number of aromatic nitrogens is 2. The van der Waals surface area contributed by atoms with Crippen LogP contribution in [0.3, 0.4) is 0 Å². The summed E-state index contributed by atoms with van der Waals surface area (Å²) in [5.41, 5.74) is -0.540. The van der Waals surface area contributed by atoms with Crippen molar-refractivity contribution in [1.29, 1.82) is 0 Å². The van der Waals surface area contributed by atoms with E-state index in [0.717, 1.165) is 11.5 Å². The van der Waals surface area contributed by atoms with E-state index < -0.39 is 11.5 Å². The lowest BCUT2D eigenvalue weighted by Gasteiger charge is -2.27. The molecule has 0 saturated heterocycles. The first-order valence-corrected chi connectivity index (χ1v) is 5.62. The largest absolute Gasteiger partial charge is 0.481 e. The van der Waals surface area contributed by atoms with Crippen molar-refractivity contribution in [2.75, 3.05) is 0 Å². The summed E-state index contributed by atoms with van der Waals surface area (Å²) in [5, 5.41) is 16.6. The van der Waals surface area contributed by atoms with Crippen molar-refractivity contribution in [2.45, 2.75) is 32.2 Å². The first kappa shape index (κ1) is 12.6. The molecule has 0 aliphatic carbocycles. The van der Waals surface area contributed by atoms with Crippen LogP contribution in [0, 0.1) is 0 Å². The molecule has 0 spiro atoms. The Labute approximate surface area is 96.8 Å². The smallest absolute Gasteiger partial charge is 0.305 e. The molecule has 0 radical (unpaired) electrons. The quantitative estimate of drug-likeness (QED) is 0.802. The Balaban J connectivity index is 2.70. The molecule has 1 unspecified atom stereocenters. The SMILES string of the molecule is CCC(C)(CC(=O)O)NC(=O)c1csnn1. The van der Waals surface area contributed by atoms with Crippen LogP contribution in [-0.2, 0) is 4.79 Å². The van der Waals surface area contributed by atoms with Gasteiger partial charge in [0.25, 0.3) is 5.91 Å².